The zero-order chi connectivity index (χ0) is 10.9. The Bertz CT molecular complexity index is 368. The highest BCUT2D eigenvalue weighted by molar-refractivity contribution is 5.79. The number of rotatable bonds is 2. The summed E-state index contributed by atoms with van der Waals surface area (Å²) >= 11 is 0. The molecule has 0 bridgehead atoms. The molecule has 4 heteroatoms. The molecule has 0 spiro atoms. The molecule has 1 unspecified atom stereocenters. The van der Waals surface area contributed by atoms with Crippen LogP contribution in [0.2, 0.25) is 0 Å². The Morgan fingerprint density at radius 3 is 2.60 bits per heavy atom. The van der Waals surface area contributed by atoms with Crippen LogP contribution in [0.1, 0.15) is 6.42 Å². The number of alkyl halides is 1. The number of halogens is 1. The van der Waals surface area contributed by atoms with Crippen molar-refractivity contribution in [1.82, 2.24) is 0 Å². The van der Waals surface area contributed by atoms with Gasteiger partial charge in [-0.3, -0.25) is 0 Å². The maximum absolute atomic E-state index is 13.7. The molecular formula is C11H12FNO2. The molecule has 15 heavy (non-hydrogen) atoms. The summed E-state index contributed by atoms with van der Waals surface area (Å²) in [6, 6.07) is 9.29. The van der Waals surface area contributed by atoms with Gasteiger partial charge in [-0.2, -0.15) is 0 Å². The van der Waals surface area contributed by atoms with Gasteiger partial charge in [-0.25, -0.2) is 9.18 Å². The largest absolute Gasteiger partial charge is 0.479 e. The van der Waals surface area contributed by atoms with Crippen LogP contribution < -0.4 is 4.90 Å². The minimum absolute atomic E-state index is 0.0528. The van der Waals surface area contributed by atoms with Gasteiger partial charge in [-0.05, 0) is 12.1 Å². The second-order valence-electron chi connectivity index (χ2n) is 3.78. The second kappa shape index (κ2) is 3.53. The molecular weight excluding hydrogens is 197 g/mol. The summed E-state index contributed by atoms with van der Waals surface area (Å²) in [7, 11) is 0. The number of para-hydroxylation sites is 1. The van der Waals surface area contributed by atoms with Crippen molar-refractivity contribution in [2.75, 3.05) is 18.0 Å². The quantitative estimate of drug-likeness (QED) is 0.805. The standard InChI is InChI=1S/C11H12FNO2/c12-11(10(14)15)6-7-13(8-11)9-4-2-1-3-5-9/h1-5H,6-8H2,(H,14,15). The summed E-state index contributed by atoms with van der Waals surface area (Å²) in [5, 5.41) is 8.74. The van der Waals surface area contributed by atoms with Crippen LogP contribution >= 0.6 is 0 Å². The van der Waals surface area contributed by atoms with E-state index >= 15 is 0 Å². The molecule has 0 aliphatic carbocycles. The summed E-state index contributed by atoms with van der Waals surface area (Å²) in [4.78, 5) is 12.5. The summed E-state index contributed by atoms with van der Waals surface area (Å²) in [5.74, 6) is -1.36. The second-order valence-corrected chi connectivity index (χ2v) is 3.78. The molecule has 0 radical (unpaired) electrons. The van der Waals surface area contributed by atoms with Crippen LogP contribution in [0.15, 0.2) is 30.3 Å². The molecule has 1 aliphatic heterocycles. The lowest BCUT2D eigenvalue weighted by atomic mass is 10.1. The van der Waals surface area contributed by atoms with E-state index in [0.717, 1.165) is 5.69 Å². The molecule has 1 aliphatic rings. The number of carboxylic acid groups (broad SMARTS) is 1. The maximum Gasteiger partial charge on any atom is 0.343 e. The van der Waals surface area contributed by atoms with Gasteiger partial charge >= 0.3 is 5.97 Å². The van der Waals surface area contributed by atoms with Gasteiger partial charge in [0.25, 0.3) is 0 Å². The molecule has 0 saturated carbocycles. The van der Waals surface area contributed by atoms with Crippen molar-refractivity contribution < 1.29 is 14.3 Å². The third-order valence-corrected chi connectivity index (χ3v) is 2.72. The average molecular weight is 209 g/mol. The van der Waals surface area contributed by atoms with Crippen LogP contribution in [0, 0.1) is 0 Å². The Morgan fingerprint density at radius 1 is 1.40 bits per heavy atom. The predicted molar refractivity (Wildman–Crippen MR) is 54.7 cm³/mol. The Labute approximate surface area is 87.1 Å². The van der Waals surface area contributed by atoms with E-state index in [-0.39, 0.29) is 13.0 Å². The van der Waals surface area contributed by atoms with E-state index in [1.54, 1.807) is 4.90 Å². The highest BCUT2D eigenvalue weighted by atomic mass is 19.1. The first kappa shape index (κ1) is 9.96. The minimum Gasteiger partial charge on any atom is -0.479 e. The third-order valence-electron chi connectivity index (χ3n) is 2.72. The van der Waals surface area contributed by atoms with E-state index in [2.05, 4.69) is 0 Å². The Morgan fingerprint density at radius 2 is 2.07 bits per heavy atom. The fourth-order valence-electron chi connectivity index (χ4n) is 1.81. The summed E-state index contributed by atoms with van der Waals surface area (Å²) in [6.07, 6.45) is 0.0528. The normalized spacial score (nSPS) is 25.5. The first-order valence-electron chi connectivity index (χ1n) is 4.84. The van der Waals surface area contributed by atoms with Gasteiger partial charge < -0.3 is 10.0 Å². The van der Waals surface area contributed by atoms with Gasteiger partial charge in [-0.15, -0.1) is 0 Å². The molecule has 1 atom stereocenters. The summed E-state index contributed by atoms with van der Waals surface area (Å²) in [6.45, 7) is 0.388. The van der Waals surface area contributed by atoms with Gasteiger partial charge in [0.1, 0.15) is 0 Å². The number of hydrogen-bond acceptors (Lipinski definition) is 2. The molecule has 1 saturated heterocycles. The van der Waals surface area contributed by atoms with Crippen molar-refractivity contribution in [3.8, 4) is 0 Å². The van der Waals surface area contributed by atoms with Crippen molar-refractivity contribution in [3.63, 3.8) is 0 Å². The highest BCUT2D eigenvalue weighted by Crippen LogP contribution is 2.29. The number of carboxylic acids is 1. The zero-order valence-corrected chi connectivity index (χ0v) is 8.19. The molecule has 1 aromatic rings. The lowest BCUT2D eigenvalue weighted by Gasteiger charge is -2.19. The van der Waals surface area contributed by atoms with Crippen LogP contribution in [0.4, 0.5) is 10.1 Å². The van der Waals surface area contributed by atoms with E-state index in [9.17, 15) is 9.18 Å². The SMILES string of the molecule is O=C(O)C1(F)CCN(c2ccccc2)C1. The molecule has 0 amide bonds. The fraction of sp³-hybridized carbons (Fsp3) is 0.364. The monoisotopic (exact) mass is 209 g/mol. The first-order chi connectivity index (χ1) is 7.12. The molecule has 0 aromatic heterocycles. The van der Waals surface area contributed by atoms with Gasteiger partial charge in [0, 0.05) is 18.7 Å². The molecule has 1 aromatic carbocycles. The number of carbonyl (C=O) groups is 1. The van der Waals surface area contributed by atoms with Crippen molar-refractivity contribution in [3.05, 3.63) is 30.3 Å². The smallest absolute Gasteiger partial charge is 0.343 e. The van der Waals surface area contributed by atoms with Crippen LogP contribution in [-0.2, 0) is 4.79 Å². The van der Waals surface area contributed by atoms with Gasteiger partial charge in [0.2, 0.25) is 5.67 Å². The Kier molecular flexibility index (Phi) is 2.34. The van der Waals surface area contributed by atoms with Gasteiger partial charge in [0.15, 0.2) is 0 Å². The first-order valence-corrected chi connectivity index (χ1v) is 4.84. The lowest BCUT2D eigenvalue weighted by Crippen LogP contribution is -2.36. The van der Waals surface area contributed by atoms with E-state index in [1.807, 2.05) is 30.3 Å². The van der Waals surface area contributed by atoms with Gasteiger partial charge in [-0.1, -0.05) is 18.2 Å². The minimum atomic E-state index is -2.09. The Hall–Kier alpha value is -1.58. The molecule has 1 heterocycles. The van der Waals surface area contributed by atoms with Crippen LogP contribution in [-0.4, -0.2) is 29.8 Å². The number of anilines is 1. The van der Waals surface area contributed by atoms with Crippen molar-refractivity contribution >= 4 is 11.7 Å². The van der Waals surface area contributed by atoms with Crippen molar-refractivity contribution in [2.45, 2.75) is 12.1 Å². The summed E-state index contributed by atoms with van der Waals surface area (Å²) in [5.41, 5.74) is -1.21. The molecule has 80 valence electrons. The van der Waals surface area contributed by atoms with Crippen LogP contribution in [0.25, 0.3) is 0 Å². The molecule has 1 N–H and O–H groups in total. The summed E-state index contributed by atoms with van der Waals surface area (Å²) < 4.78 is 13.7. The third kappa shape index (κ3) is 1.79. The topological polar surface area (TPSA) is 40.5 Å². The molecule has 3 nitrogen and oxygen atoms in total. The fourth-order valence-corrected chi connectivity index (χ4v) is 1.81. The maximum atomic E-state index is 13.7. The number of benzene rings is 1. The van der Waals surface area contributed by atoms with Crippen LogP contribution in [0.3, 0.4) is 0 Å². The van der Waals surface area contributed by atoms with Gasteiger partial charge in [0.05, 0.1) is 6.54 Å². The predicted octanol–water partition coefficient (Wildman–Crippen LogP) is 1.69. The lowest BCUT2D eigenvalue weighted by molar-refractivity contribution is -0.149. The van der Waals surface area contributed by atoms with E-state index in [0.29, 0.717) is 6.54 Å². The molecule has 2 rings (SSSR count). The Balaban J connectivity index is 2.14. The van der Waals surface area contributed by atoms with E-state index in [1.165, 1.54) is 0 Å². The van der Waals surface area contributed by atoms with Crippen molar-refractivity contribution in [2.24, 2.45) is 0 Å². The van der Waals surface area contributed by atoms with Crippen LogP contribution in [0.5, 0.6) is 0 Å². The van der Waals surface area contributed by atoms with E-state index < -0.39 is 11.6 Å². The molecule has 1 fully saturated rings. The van der Waals surface area contributed by atoms with Crippen molar-refractivity contribution in [1.29, 1.82) is 0 Å². The number of aliphatic carboxylic acids is 1. The number of hydrogen-bond donors (Lipinski definition) is 1. The van der Waals surface area contributed by atoms with E-state index in [4.69, 9.17) is 5.11 Å². The number of nitrogens with zero attached hydrogens (tertiary/aromatic N) is 1. The zero-order valence-electron chi connectivity index (χ0n) is 8.19. The highest BCUT2D eigenvalue weighted by Gasteiger charge is 2.45. The average Bonchev–Trinajstić information content (AvgIpc) is 2.64.